The first-order valence-electron chi connectivity index (χ1n) is 6.12. The van der Waals surface area contributed by atoms with E-state index in [0.29, 0.717) is 30.0 Å². The van der Waals surface area contributed by atoms with Gasteiger partial charge in [-0.3, -0.25) is 4.79 Å². The summed E-state index contributed by atoms with van der Waals surface area (Å²) in [4.78, 5) is 13.3. The van der Waals surface area contributed by atoms with Gasteiger partial charge < -0.3 is 5.32 Å². The second-order valence-corrected chi connectivity index (χ2v) is 7.88. The zero-order valence-electron chi connectivity index (χ0n) is 11.2. The van der Waals surface area contributed by atoms with Crippen LogP contribution in [0.15, 0.2) is 16.3 Å². The van der Waals surface area contributed by atoms with Crippen molar-refractivity contribution in [2.24, 2.45) is 5.14 Å². The van der Waals surface area contributed by atoms with Gasteiger partial charge in [0.25, 0.3) is 5.91 Å². The Morgan fingerprint density at radius 3 is 2.81 bits per heavy atom. The molecule has 2 aromatic heterocycles. The highest BCUT2D eigenvalue weighted by atomic mass is 32.2. The molecule has 21 heavy (non-hydrogen) atoms. The van der Waals surface area contributed by atoms with Crippen LogP contribution in [0.25, 0.3) is 0 Å². The van der Waals surface area contributed by atoms with Crippen molar-refractivity contribution in [2.45, 2.75) is 24.0 Å². The van der Waals surface area contributed by atoms with Crippen LogP contribution in [0.5, 0.6) is 0 Å². The minimum Gasteiger partial charge on any atom is -0.351 e. The predicted octanol–water partition coefficient (Wildman–Crippen LogP) is 0.782. The van der Waals surface area contributed by atoms with E-state index in [9.17, 15) is 13.2 Å². The maximum Gasteiger partial charge on any atom is 0.264 e. The Morgan fingerprint density at radius 2 is 2.19 bits per heavy atom. The maximum atomic E-state index is 11.9. The highest BCUT2D eigenvalue weighted by molar-refractivity contribution is 7.91. The Balaban J connectivity index is 1.90. The second kappa shape index (κ2) is 6.60. The highest BCUT2D eigenvalue weighted by Crippen LogP contribution is 2.20. The van der Waals surface area contributed by atoms with Crippen LogP contribution in [0.1, 0.15) is 27.2 Å². The molecule has 0 unspecified atom stereocenters. The van der Waals surface area contributed by atoms with Crippen molar-refractivity contribution in [1.82, 2.24) is 14.9 Å². The molecule has 0 saturated heterocycles. The number of nitrogens with one attached hydrogen (secondary N) is 1. The molecule has 2 aromatic rings. The predicted molar refractivity (Wildman–Crippen MR) is 81.0 cm³/mol. The molecule has 0 saturated carbocycles. The number of primary sulfonamides is 1. The van der Waals surface area contributed by atoms with Gasteiger partial charge in [0.05, 0.1) is 5.69 Å². The Hall–Kier alpha value is -1.36. The molecule has 0 aliphatic heterocycles. The number of amides is 1. The molecule has 3 N–H and O–H groups in total. The lowest BCUT2D eigenvalue weighted by atomic mass is 10.3. The van der Waals surface area contributed by atoms with Crippen molar-refractivity contribution in [3.8, 4) is 0 Å². The largest absolute Gasteiger partial charge is 0.351 e. The third kappa shape index (κ3) is 4.06. The summed E-state index contributed by atoms with van der Waals surface area (Å²) in [7, 11) is -3.65. The third-order valence-electron chi connectivity index (χ3n) is 2.67. The van der Waals surface area contributed by atoms with Crippen LogP contribution in [0.4, 0.5) is 0 Å². The van der Waals surface area contributed by atoms with Crippen molar-refractivity contribution >= 4 is 38.8 Å². The van der Waals surface area contributed by atoms with Crippen LogP contribution in [0, 0.1) is 0 Å². The molecule has 0 bridgehead atoms. The number of aromatic nitrogens is 2. The van der Waals surface area contributed by atoms with E-state index < -0.39 is 10.0 Å². The molecule has 7 nitrogen and oxygen atoms in total. The molecule has 0 aromatic carbocycles. The molecule has 0 fully saturated rings. The van der Waals surface area contributed by atoms with Crippen LogP contribution in [0.3, 0.4) is 0 Å². The first-order valence-corrected chi connectivity index (χ1v) is 9.26. The summed E-state index contributed by atoms with van der Waals surface area (Å²) in [5.41, 5.74) is 0.685. The molecule has 0 spiro atoms. The number of nitrogens with two attached hydrogens (primary N) is 1. The fraction of sp³-hybridized carbons (Fsp3) is 0.364. The van der Waals surface area contributed by atoms with Gasteiger partial charge in [0.1, 0.15) is 9.09 Å². The zero-order chi connectivity index (χ0) is 15.5. The molecule has 10 heteroatoms. The van der Waals surface area contributed by atoms with Gasteiger partial charge >= 0.3 is 0 Å². The zero-order valence-corrected chi connectivity index (χ0v) is 13.6. The van der Waals surface area contributed by atoms with Gasteiger partial charge in [0, 0.05) is 11.4 Å². The van der Waals surface area contributed by atoms with Crippen LogP contribution in [-0.2, 0) is 22.9 Å². The van der Waals surface area contributed by atoms with Gasteiger partial charge in [-0.15, -0.1) is 16.4 Å². The van der Waals surface area contributed by atoms with E-state index in [0.717, 1.165) is 27.7 Å². The Morgan fingerprint density at radius 1 is 1.43 bits per heavy atom. The quantitative estimate of drug-likeness (QED) is 0.802. The average Bonchev–Trinajstić information content (AvgIpc) is 3.06. The fourth-order valence-electron chi connectivity index (χ4n) is 1.64. The van der Waals surface area contributed by atoms with E-state index in [4.69, 9.17) is 5.14 Å². The SMILES string of the molecule is CCc1nnsc1C(=O)NCCc1ccc(S(N)(=O)=O)s1. The lowest BCUT2D eigenvalue weighted by molar-refractivity contribution is 0.0957. The van der Waals surface area contributed by atoms with E-state index in [1.165, 1.54) is 6.07 Å². The molecule has 2 rings (SSSR count). The van der Waals surface area contributed by atoms with Crippen LogP contribution < -0.4 is 10.5 Å². The molecule has 2 heterocycles. The second-order valence-electron chi connectivity index (χ2n) is 4.17. The van der Waals surface area contributed by atoms with Gasteiger partial charge in [0.2, 0.25) is 10.0 Å². The van der Waals surface area contributed by atoms with Crippen molar-refractivity contribution in [1.29, 1.82) is 0 Å². The fourth-order valence-corrected chi connectivity index (χ4v) is 4.08. The van der Waals surface area contributed by atoms with Gasteiger partial charge in [-0.2, -0.15) is 0 Å². The summed E-state index contributed by atoms with van der Waals surface area (Å²) in [6, 6.07) is 3.17. The van der Waals surface area contributed by atoms with E-state index in [1.807, 2.05) is 6.92 Å². The van der Waals surface area contributed by atoms with E-state index in [2.05, 4.69) is 14.9 Å². The summed E-state index contributed by atoms with van der Waals surface area (Å²) in [5.74, 6) is -0.204. The molecule has 0 atom stereocenters. The summed E-state index contributed by atoms with van der Waals surface area (Å²) >= 11 is 2.18. The summed E-state index contributed by atoms with van der Waals surface area (Å²) in [6.07, 6.45) is 1.20. The number of carbonyl (C=O) groups is 1. The van der Waals surface area contributed by atoms with Crippen molar-refractivity contribution in [3.63, 3.8) is 0 Å². The van der Waals surface area contributed by atoms with Gasteiger partial charge in [-0.1, -0.05) is 11.4 Å². The minimum absolute atomic E-state index is 0.128. The first kappa shape index (κ1) is 16.0. The standard InChI is InChI=1S/C11H14N4O3S3/c1-2-8-10(20-15-14-8)11(16)13-6-5-7-3-4-9(19-7)21(12,17)18/h3-4H,2,5-6H2,1H3,(H,13,16)(H2,12,17,18). The number of nitrogens with zero attached hydrogens (tertiary/aromatic N) is 2. The third-order valence-corrected chi connectivity index (χ3v) is 6.02. The smallest absolute Gasteiger partial charge is 0.264 e. The van der Waals surface area contributed by atoms with Gasteiger partial charge in [-0.05, 0) is 36.5 Å². The number of sulfonamides is 1. The average molecular weight is 346 g/mol. The van der Waals surface area contributed by atoms with Crippen LogP contribution >= 0.6 is 22.9 Å². The van der Waals surface area contributed by atoms with Gasteiger partial charge in [-0.25, -0.2) is 13.6 Å². The Kier molecular flexibility index (Phi) is 5.04. The lowest BCUT2D eigenvalue weighted by Gasteiger charge is -2.02. The van der Waals surface area contributed by atoms with E-state index >= 15 is 0 Å². The number of hydrogen-bond acceptors (Lipinski definition) is 7. The van der Waals surface area contributed by atoms with E-state index in [-0.39, 0.29) is 10.1 Å². The number of carbonyl (C=O) groups excluding carboxylic acids is 1. The summed E-state index contributed by atoms with van der Waals surface area (Å²) in [5, 5.41) is 11.7. The highest BCUT2D eigenvalue weighted by Gasteiger charge is 2.15. The number of rotatable bonds is 6. The maximum absolute atomic E-state index is 11.9. The summed E-state index contributed by atoms with van der Waals surface area (Å²) < 4.78 is 26.2. The van der Waals surface area contributed by atoms with E-state index in [1.54, 1.807) is 6.07 Å². The van der Waals surface area contributed by atoms with Crippen LogP contribution in [0.2, 0.25) is 0 Å². The number of hydrogen-bond donors (Lipinski definition) is 2. The summed E-state index contributed by atoms with van der Waals surface area (Å²) in [6.45, 7) is 2.32. The normalized spacial score (nSPS) is 11.5. The topological polar surface area (TPSA) is 115 Å². The molecule has 0 aliphatic carbocycles. The molecular weight excluding hydrogens is 332 g/mol. The number of thiophene rings is 1. The monoisotopic (exact) mass is 346 g/mol. The molecule has 0 radical (unpaired) electrons. The molecule has 114 valence electrons. The minimum atomic E-state index is -3.65. The Labute approximate surface area is 130 Å². The molecular formula is C11H14N4O3S3. The van der Waals surface area contributed by atoms with Crippen molar-refractivity contribution in [2.75, 3.05) is 6.54 Å². The van der Waals surface area contributed by atoms with Gasteiger partial charge in [0.15, 0.2) is 0 Å². The first-order chi connectivity index (χ1) is 9.91. The lowest BCUT2D eigenvalue weighted by Crippen LogP contribution is -2.25. The molecule has 0 aliphatic rings. The van der Waals surface area contributed by atoms with Crippen molar-refractivity contribution < 1.29 is 13.2 Å². The van der Waals surface area contributed by atoms with Crippen LogP contribution in [-0.4, -0.2) is 30.5 Å². The number of aryl methyl sites for hydroxylation is 1. The Bertz CT molecular complexity index is 735. The van der Waals surface area contributed by atoms with Crippen molar-refractivity contribution in [3.05, 3.63) is 27.6 Å². The molecule has 1 amide bonds.